The highest BCUT2D eigenvalue weighted by Gasteiger charge is 2.29. The zero-order valence-electron chi connectivity index (χ0n) is 11.5. The predicted octanol–water partition coefficient (Wildman–Crippen LogP) is 3.30. The van der Waals surface area contributed by atoms with E-state index in [9.17, 15) is 8.78 Å². The van der Waals surface area contributed by atoms with Crippen molar-refractivity contribution in [2.24, 2.45) is 0 Å². The lowest BCUT2D eigenvalue weighted by atomic mass is 10.0. The van der Waals surface area contributed by atoms with Gasteiger partial charge in [-0.1, -0.05) is 31.2 Å². The molecule has 116 valence electrons. The molecule has 1 saturated heterocycles. The van der Waals surface area contributed by atoms with Gasteiger partial charge < -0.3 is 5.32 Å². The van der Waals surface area contributed by atoms with Crippen molar-refractivity contribution in [3.63, 3.8) is 0 Å². The molecular weight excluding hydrogens is 305 g/mol. The summed E-state index contributed by atoms with van der Waals surface area (Å²) >= 11 is 0. The molecule has 0 aromatic heterocycles. The Kier molecular flexibility index (Phi) is 9.30. The van der Waals surface area contributed by atoms with E-state index in [-0.39, 0.29) is 24.8 Å². The van der Waals surface area contributed by atoms with Crippen molar-refractivity contribution in [1.82, 2.24) is 10.2 Å². The van der Waals surface area contributed by atoms with Crippen LogP contribution < -0.4 is 5.32 Å². The highest BCUT2D eigenvalue weighted by Crippen LogP contribution is 2.28. The molecule has 1 aromatic rings. The summed E-state index contributed by atoms with van der Waals surface area (Å²) in [6.45, 7) is 5.01. The number of hydrogen-bond acceptors (Lipinski definition) is 2. The minimum absolute atomic E-state index is 0. The van der Waals surface area contributed by atoms with Crippen LogP contribution in [-0.2, 0) is 6.42 Å². The molecule has 20 heavy (non-hydrogen) atoms. The standard InChI is InChI=1S/C14H20F2N2.2ClH/c1-2-11-3-5-12(6-4-11)13(14(15)16)18-9-7-17-8-10-18;;/h3-6,13-14,17H,2,7-10H2,1H3;2*1H/t13-;;/m1../s1. The van der Waals surface area contributed by atoms with Crippen LogP contribution >= 0.6 is 24.8 Å². The Morgan fingerprint density at radius 3 is 2.10 bits per heavy atom. The molecule has 1 aliphatic rings. The van der Waals surface area contributed by atoms with Gasteiger partial charge in [0.25, 0.3) is 6.43 Å². The van der Waals surface area contributed by atoms with Crippen molar-refractivity contribution in [1.29, 1.82) is 0 Å². The highest BCUT2D eigenvalue weighted by atomic mass is 35.5. The third-order valence-corrected chi connectivity index (χ3v) is 3.51. The molecule has 1 aromatic carbocycles. The Morgan fingerprint density at radius 1 is 1.10 bits per heavy atom. The number of benzene rings is 1. The van der Waals surface area contributed by atoms with Gasteiger partial charge in [-0.2, -0.15) is 0 Å². The number of aryl methyl sites for hydroxylation is 1. The van der Waals surface area contributed by atoms with Gasteiger partial charge >= 0.3 is 0 Å². The molecule has 0 saturated carbocycles. The van der Waals surface area contributed by atoms with Gasteiger partial charge in [0.05, 0.1) is 6.04 Å². The number of nitrogens with zero attached hydrogens (tertiary/aromatic N) is 1. The lowest BCUT2D eigenvalue weighted by Gasteiger charge is -2.34. The molecule has 2 nitrogen and oxygen atoms in total. The van der Waals surface area contributed by atoms with Gasteiger partial charge in [0, 0.05) is 26.2 Å². The van der Waals surface area contributed by atoms with Crippen LogP contribution in [0.15, 0.2) is 24.3 Å². The zero-order chi connectivity index (χ0) is 13.0. The van der Waals surface area contributed by atoms with Crippen molar-refractivity contribution < 1.29 is 8.78 Å². The van der Waals surface area contributed by atoms with Crippen LogP contribution in [0.2, 0.25) is 0 Å². The maximum Gasteiger partial charge on any atom is 0.258 e. The first-order valence-electron chi connectivity index (χ1n) is 6.54. The van der Waals surface area contributed by atoms with E-state index in [1.807, 2.05) is 29.2 Å². The summed E-state index contributed by atoms with van der Waals surface area (Å²) in [5, 5.41) is 3.19. The fraction of sp³-hybridized carbons (Fsp3) is 0.571. The van der Waals surface area contributed by atoms with Crippen LogP contribution in [0.25, 0.3) is 0 Å². The van der Waals surface area contributed by atoms with E-state index in [0.29, 0.717) is 13.1 Å². The van der Waals surface area contributed by atoms with E-state index < -0.39 is 12.5 Å². The van der Waals surface area contributed by atoms with Crippen LogP contribution in [0.5, 0.6) is 0 Å². The SMILES string of the molecule is CCc1ccc([C@H](C(F)F)N2CCNCC2)cc1.Cl.Cl. The molecule has 0 unspecified atom stereocenters. The van der Waals surface area contributed by atoms with Crippen LogP contribution in [0.4, 0.5) is 8.78 Å². The van der Waals surface area contributed by atoms with E-state index in [4.69, 9.17) is 0 Å². The second-order valence-corrected chi connectivity index (χ2v) is 4.66. The largest absolute Gasteiger partial charge is 0.314 e. The van der Waals surface area contributed by atoms with E-state index >= 15 is 0 Å². The number of halogens is 4. The first-order chi connectivity index (χ1) is 8.72. The topological polar surface area (TPSA) is 15.3 Å². The van der Waals surface area contributed by atoms with Gasteiger partial charge in [-0.25, -0.2) is 8.78 Å². The Labute approximate surface area is 131 Å². The summed E-state index contributed by atoms with van der Waals surface area (Å²) in [7, 11) is 0. The Hall–Kier alpha value is -0.420. The quantitative estimate of drug-likeness (QED) is 0.913. The van der Waals surface area contributed by atoms with Crippen LogP contribution in [0.1, 0.15) is 24.1 Å². The van der Waals surface area contributed by atoms with Crippen LogP contribution in [-0.4, -0.2) is 37.5 Å². The Balaban J connectivity index is 0.00000180. The number of hydrogen-bond donors (Lipinski definition) is 1. The number of rotatable bonds is 4. The fourth-order valence-electron chi connectivity index (χ4n) is 2.43. The minimum Gasteiger partial charge on any atom is -0.314 e. The minimum atomic E-state index is -2.34. The fourth-order valence-corrected chi connectivity index (χ4v) is 2.43. The molecule has 2 rings (SSSR count). The van der Waals surface area contributed by atoms with E-state index in [1.165, 1.54) is 5.56 Å². The normalized spacial score (nSPS) is 17.2. The second kappa shape index (κ2) is 9.50. The first kappa shape index (κ1) is 19.6. The molecule has 1 aliphatic heterocycles. The predicted molar refractivity (Wildman–Crippen MR) is 83.5 cm³/mol. The van der Waals surface area contributed by atoms with Gasteiger partial charge in [0.1, 0.15) is 0 Å². The molecule has 1 N–H and O–H groups in total. The Morgan fingerprint density at radius 2 is 1.65 bits per heavy atom. The zero-order valence-corrected chi connectivity index (χ0v) is 13.2. The number of piperazine rings is 1. The maximum absolute atomic E-state index is 13.3. The summed E-state index contributed by atoms with van der Waals surface area (Å²) in [6, 6.07) is 6.83. The van der Waals surface area contributed by atoms with E-state index in [0.717, 1.165) is 25.1 Å². The molecule has 0 radical (unpaired) electrons. The summed E-state index contributed by atoms with van der Waals surface area (Å²) in [5.41, 5.74) is 1.91. The molecule has 0 bridgehead atoms. The summed E-state index contributed by atoms with van der Waals surface area (Å²) in [4.78, 5) is 1.88. The van der Waals surface area contributed by atoms with Crippen molar-refractivity contribution in [2.75, 3.05) is 26.2 Å². The van der Waals surface area contributed by atoms with Crippen LogP contribution in [0, 0.1) is 0 Å². The molecule has 1 heterocycles. The van der Waals surface area contributed by atoms with Crippen molar-refractivity contribution >= 4 is 24.8 Å². The summed E-state index contributed by atoms with van der Waals surface area (Å²) < 4.78 is 26.6. The molecule has 0 spiro atoms. The van der Waals surface area contributed by atoms with Gasteiger partial charge in [-0.05, 0) is 17.5 Å². The average molecular weight is 327 g/mol. The molecule has 0 aliphatic carbocycles. The van der Waals surface area contributed by atoms with Crippen LogP contribution in [0.3, 0.4) is 0 Å². The van der Waals surface area contributed by atoms with Crippen molar-refractivity contribution in [2.45, 2.75) is 25.8 Å². The lowest BCUT2D eigenvalue weighted by molar-refractivity contribution is 0.0182. The van der Waals surface area contributed by atoms with Gasteiger partial charge in [0.15, 0.2) is 0 Å². The molecule has 1 atom stereocenters. The highest BCUT2D eigenvalue weighted by molar-refractivity contribution is 5.85. The monoisotopic (exact) mass is 326 g/mol. The van der Waals surface area contributed by atoms with Crippen molar-refractivity contribution in [3.8, 4) is 0 Å². The number of alkyl halides is 2. The van der Waals surface area contributed by atoms with Gasteiger partial charge in [-0.3, -0.25) is 4.90 Å². The van der Waals surface area contributed by atoms with Crippen molar-refractivity contribution in [3.05, 3.63) is 35.4 Å². The lowest BCUT2D eigenvalue weighted by Crippen LogP contribution is -2.46. The molecule has 6 heteroatoms. The van der Waals surface area contributed by atoms with E-state index in [2.05, 4.69) is 12.2 Å². The number of nitrogens with one attached hydrogen (secondary N) is 1. The molecule has 0 amide bonds. The average Bonchev–Trinajstić information content (AvgIpc) is 2.40. The molecular formula is C14H22Cl2F2N2. The third-order valence-electron chi connectivity index (χ3n) is 3.51. The van der Waals surface area contributed by atoms with E-state index in [1.54, 1.807) is 0 Å². The first-order valence-corrected chi connectivity index (χ1v) is 6.54. The van der Waals surface area contributed by atoms with Gasteiger partial charge in [-0.15, -0.1) is 24.8 Å². The second-order valence-electron chi connectivity index (χ2n) is 4.66. The third kappa shape index (κ3) is 4.85. The van der Waals surface area contributed by atoms with Gasteiger partial charge in [0.2, 0.25) is 0 Å². The smallest absolute Gasteiger partial charge is 0.258 e. The maximum atomic E-state index is 13.3. The Bertz CT molecular complexity index is 368. The summed E-state index contributed by atoms with van der Waals surface area (Å²) in [6.07, 6.45) is -1.40. The molecule has 1 fully saturated rings. The summed E-state index contributed by atoms with van der Waals surface area (Å²) in [5.74, 6) is 0.